The normalized spacial score (nSPS) is 21.7. The van der Waals surface area contributed by atoms with Crippen LogP contribution in [0.4, 0.5) is 0 Å². The van der Waals surface area contributed by atoms with Gasteiger partial charge in [0.1, 0.15) is 10.6 Å². The van der Waals surface area contributed by atoms with E-state index in [0.29, 0.717) is 29.3 Å². The summed E-state index contributed by atoms with van der Waals surface area (Å²) in [6.45, 7) is 4.98. The van der Waals surface area contributed by atoms with Crippen molar-refractivity contribution in [1.29, 1.82) is 0 Å². The minimum atomic E-state index is -0.368. The Kier molecular flexibility index (Phi) is 4.42. The van der Waals surface area contributed by atoms with Gasteiger partial charge in [0.2, 0.25) is 0 Å². The molecule has 7 heteroatoms. The van der Waals surface area contributed by atoms with Crippen LogP contribution in [-0.2, 0) is 6.42 Å². The van der Waals surface area contributed by atoms with Crippen LogP contribution >= 0.6 is 11.3 Å². The summed E-state index contributed by atoms with van der Waals surface area (Å²) in [6, 6.07) is 5.66. The minimum Gasteiger partial charge on any atom is -0.497 e. The molecule has 1 aromatic carbocycles. The fourth-order valence-corrected chi connectivity index (χ4v) is 4.97. The summed E-state index contributed by atoms with van der Waals surface area (Å²) in [4.78, 5) is 32.7. The van der Waals surface area contributed by atoms with Crippen molar-refractivity contribution >= 4 is 23.2 Å². The number of aromatic nitrogens is 1. The quantitative estimate of drug-likeness (QED) is 0.863. The molecule has 1 saturated heterocycles. The Hall–Kier alpha value is -2.41. The smallest absolute Gasteiger partial charge is 0.265 e. The summed E-state index contributed by atoms with van der Waals surface area (Å²) in [5.41, 5.74) is 2.12. The number of amides is 2. The highest BCUT2D eigenvalue weighted by atomic mass is 32.1. The van der Waals surface area contributed by atoms with Gasteiger partial charge >= 0.3 is 0 Å². The summed E-state index contributed by atoms with van der Waals surface area (Å²) in [7, 11) is 1.60. The van der Waals surface area contributed by atoms with Gasteiger partial charge in [-0.05, 0) is 50.8 Å². The topological polar surface area (TPSA) is 71.5 Å². The molecule has 2 amide bonds. The second-order valence-corrected chi connectivity index (χ2v) is 8.58. The number of carbonyl (C=O) groups is 2. The molecule has 3 heterocycles. The zero-order chi connectivity index (χ0) is 19.2. The van der Waals surface area contributed by atoms with Gasteiger partial charge in [0.05, 0.1) is 23.4 Å². The third kappa shape index (κ3) is 3.20. The molecule has 0 aliphatic carbocycles. The molecule has 4 rings (SSSR count). The standard InChI is InChI=1S/C20H23N3O3S/c1-12-17(27-13(2)21-12)19(25)23-9-8-20(11-23)7-6-14-4-5-15(26-3)10-16(14)18(24)22-20/h4-5,10H,6-9,11H2,1-3H3,(H,22,24). The number of ether oxygens (including phenoxy) is 1. The number of benzene rings is 1. The molecule has 142 valence electrons. The first kappa shape index (κ1) is 18.0. The van der Waals surface area contributed by atoms with E-state index in [1.54, 1.807) is 13.2 Å². The Balaban J connectivity index is 1.55. The van der Waals surface area contributed by atoms with Gasteiger partial charge in [-0.3, -0.25) is 9.59 Å². The van der Waals surface area contributed by atoms with Crippen LogP contribution in [0, 0.1) is 13.8 Å². The Morgan fingerprint density at radius 3 is 2.85 bits per heavy atom. The summed E-state index contributed by atoms with van der Waals surface area (Å²) in [5.74, 6) is 0.618. The monoisotopic (exact) mass is 385 g/mol. The summed E-state index contributed by atoms with van der Waals surface area (Å²) < 4.78 is 5.26. The number of nitrogens with zero attached hydrogens (tertiary/aromatic N) is 2. The molecule has 0 radical (unpaired) electrons. The highest BCUT2D eigenvalue weighted by Gasteiger charge is 2.43. The third-order valence-corrected chi connectivity index (χ3v) is 6.61. The van der Waals surface area contributed by atoms with Gasteiger partial charge in [-0.2, -0.15) is 0 Å². The Morgan fingerprint density at radius 2 is 2.15 bits per heavy atom. The number of likely N-dealkylation sites (tertiary alicyclic amines) is 1. The van der Waals surface area contributed by atoms with Gasteiger partial charge in [-0.15, -0.1) is 11.3 Å². The van der Waals surface area contributed by atoms with Crippen LogP contribution in [0.25, 0.3) is 0 Å². The lowest BCUT2D eigenvalue weighted by Gasteiger charge is -2.28. The predicted octanol–water partition coefficient (Wildman–Crippen LogP) is 2.73. The molecule has 1 atom stereocenters. The molecular formula is C20H23N3O3S. The Bertz CT molecular complexity index is 923. The highest BCUT2D eigenvalue weighted by molar-refractivity contribution is 7.13. The molecule has 1 unspecified atom stereocenters. The highest BCUT2D eigenvalue weighted by Crippen LogP contribution is 2.33. The van der Waals surface area contributed by atoms with Crippen LogP contribution in [0.15, 0.2) is 18.2 Å². The largest absolute Gasteiger partial charge is 0.497 e. The van der Waals surface area contributed by atoms with Crippen molar-refractivity contribution in [3.63, 3.8) is 0 Å². The van der Waals surface area contributed by atoms with E-state index >= 15 is 0 Å². The fraction of sp³-hybridized carbons (Fsp3) is 0.450. The third-order valence-electron chi connectivity index (χ3n) is 5.55. The number of thiazole rings is 1. The van der Waals surface area contributed by atoms with E-state index in [1.165, 1.54) is 11.3 Å². The number of nitrogens with one attached hydrogen (secondary N) is 1. The molecule has 2 aromatic rings. The Labute approximate surface area is 162 Å². The molecule has 1 fully saturated rings. The number of hydrogen-bond donors (Lipinski definition) is 1. The SMILES string of the molecule is COc1ccc2c(c1)C(=O)NC1(CC2)CCN(C(=O)c2sc(C)nc2C)C1. The van der Waals surface area contributed by atoms with Gasteiger partial charge in [0.15, 0.2) is 0 Å². The summed E-state index contributed by atoms with van der Waals surface area (Å²) >= 11 is 1.44. The zero-order valence-electron chi connectivity index (χ0n) is 15.8. The second-order valence-electron chi connectivity index (χ2n) is 7.38. The van der Waals surface area contributed by atoms with E-state index in [1.807, 2.05) is 30.9 Å². The van der Waals surface area contributed by atoms with Crippen LogP contribution < -0.4 is 10.1 Å². The lowest BCUT2D eigenvalue weighted by molar-refractivity contribution is 0.0768. The molecule has 6 nitrogen and oxygen atoms in total. The molecule has 2 aliphatic heterocycles. The van der Waals surface area contributed by atoms with Crippen LogP contribution in [0.5, 0.6) is 5.75 Å². The van der Waals surface area contributed by atoms with Crippen molar-refractivity contribution in [1.82, 2.24) is 15.2 Å². The first-order chi connectivity index (χ1) is 12.9. The van der Waals surface area contributed by atoms with Crippen molar-refractivity contribution < 1.29 is 14.3 Å². The maximum atomic E-state index is 12.9. The second kappa shape index (κ2) is 6.64. The van der Waals surface area contributed by atoms with E-state index in [0.717, 1.165) is 35.5 Å². The zero-order valence-corrected chi connectivity index (χ0v) is 16.6. The predicted molar refractivity (Wildman–Crippen MR) is 104 cm³/mol. The number of carbonyl (C=O) groups excluding carboxylic acids is 2. The molecule has 0 saturated carbocycles. The van der Waals surface area contributed by atoms with Crippen LogP contribution in [-0.4, -0.2) is 47.4 Å². The molecule has 1 spiro atoms. The molecule has 1 aromatic heterocycles. The van der Waals surface area contributed by atoms with Crippen LogP contribution in [0.3, 0.4) is 0 Å². The van der Waals surface area contributed by atoms with Gasteiger partial charge in [0.25, 0.3) is 11.8 Å². The number of rotatable bonds is 2. The van der Waals surface area contributed by atoms with E-state index in [9.17, 15) is 9.59 Å². The summed E-state index contributed by atoms with van der Waals surface area (Å²) in [5, 5.41) is 4.12. The Morgan fingerprint density at radius 1 is 1.33 bits per heavy atom. The maximum Gasteiger partial charge on any atom is 0.265 e. The lowest BCUT2D eigenvalue weighted by atomic mass is 9.91. The van der Waals surface area contributed by atoms with Gasteiger partial charge in [-0.1, -0.05) is 6.07 Å². The van der Waals surface area contributed by atoms with E-state index in [2.05, 4.69) is 10.3 Å². The average molecular weight is 385 g/mol. The van der Waals surface area contributed by atoms with E-state index < -0.39 is 0 Å². The first-order valence-corrected chi connectivity index (χ1v) is 9.95. The van der Waals surface area contributed by atoms with Crippen molar-refractivity contribution in [2.75, 3.05) is 20.2 Å². The van der Waals surface area contributed by atoms with Gasteiger partial charge in [0, 0.05) is 18.7 Å². The molecule has 27 heavy (non-hydrogen) atoms. The molecular weight excluding hydrogens is 362 g/mol. The number of fused-ring (bicyclic) bond motifs is 1. The van der Waals surface area contributed by atoms with Crippen molar-refractivity contribution in [2.45, 2.75) is 38.6 Å². The minimum absolute atomic E-state index is 0.0210. The van der Waals surface area contributed by atoms with Gasteiger partial charge < -0.3 is 15.0 Å². The number of methoxy groups -OCH3 is 1. The lowest BCUT2D eigenvalue weighted by Crippen LogP contribution is -2.50. The van der Waals surface area contributed by atoms with E-state index in [-0.39, 0.29) is 17.4 Å². The molecule has 0 bridgehead atoms. The number of aryl methyl sites for hydroxylation is 3. The van der Waals surface area contributed by atoms with Crippen LogP contribution in [0.1, 0.15) is 49.1 Å². The van der Waals surface area contributed by atoms with Crippen LogP contribution in [0.2, 0.25) is 0 Å². The maximum absolute atomic E-state index is 12.9. The molecule has 2 aliphatic rings. The molecule has 1 N–H and O–H groups in total. The van der Waals surface area contributed by atoms with Crippen molar-refractivity contribution in [2.24, 2.45) is 0 Å². The summed E-state index contributed by atoms with van der Waals surface area (Å²) in [6.07, 6.45) is 2.40. The van der Waals surface area contributed by atoms with Crippen molar-refractivity contribution in [3.8, 4) is 5.75 Å². The van der Waals surface area contributed by atoms with E-state index in [4.69, 9.17) is 4.74 Å². The first-order valence-electron chi connectivity index (χ1n) is 9.13. The van der Waals surface area contributed by atoms with Gasteiger partial charge in [-0.25, -0.2) is 4.98 Å². The fourth-order valence-electron chi connectivity index (χ4n) is 4.08. The van der Waals surface area contributed by atoms with Crippen molar-refractivity contribution in [3.05, 3.63) is 44.9 Å². The average Bonchev–Trinajstić information content (AvgIpc) is 3.18. The number of hydrogen-bond acceptors (Lipinski definition) is 5.